The summed E-state index contributed by atoms with van der Waals surface area (Å²) >= 11 is 0. The van der Waals surface area contributed by atoms with Crippen molar-refractivity contribution in [2.75, 3.05) is 0 Å². The molecule has 0 fully saturated rings. The number of hydrogen-bond donors (Lipinski definition) is 0. The normalized spacial score (nSPS) is 19.1. The van der Waals surface area contributed by atoms with Gasteiger partial charge in [-0.15, -0.1) is 0 Å². The minimum Gasteiger partial charge on any atom is -0.319 e. The molecule has 338 valence electrons. The number of fused-ring (bicyclic) bond motifs is 12. The Balaban J connectivity index is 1.12. The third-order valence-electron chi connectivity index (χ3n) is 15.7. The smallest absolute Gasteiger partial charge is 0.145 e. The van der Waals surface area contributed by atoms with Crippen molar-refractivity contribution in [3.63, 3.8) is 0 Å². The predicted octanol–water partition coefficient (Wildman–Crippen LogP) is 16.2. The summed E-state index contributed by atoms with van der Waals surface area (Å²) in [5.41, 5.74) is 25.9. The monoisotopic (exact) mass is 887 g/mol. The van der Waals surface area contributed by atoms with E-state index in [9.17, 15) is 0 Å². The van der Waals surface area contributed by atoms with Crippen LogP contribution in [0.2, 0.25) is 0 Å². The highest BCUT2D eigenvalue weighted by Crippen LogP contribution is 2.60. The lowest BCUT2D eigenvalue weighted by atomic mass is 9.68. The van der Waals surface area contributed by atoms with E-state index in [-0.39, 0.29) is 6.04 Å². The fourth-order valence-corrected chi connectivity index (χ4v) is 13.0. The average Bonchev–Trinajstić information content (AvgIpc) is 3.91. The number of nitrogens with zero attached hydrogens (tertiary/aromatic N) is 5. The van der Waals surface area contributed by atoms with Crippen molar-refractivity contribution in [3.05, 3.63) is 194 Å². The second kappa shape index (κ2) is 15.0. The highest BCUT2D eigenvalue weighted by molar-refractivity contribution is 6.12. The molecular formula is C63H61N5. The van der Waals surface area contributed by atoms with Crippen molar-refractivity contribution < 1.29 is 0 Å². The molecule has 0 unspecified atom stereocenters. The molecule has 9 aromatic rings. The lowest BCUT2D eigenvalue weighted by Crippen LogP contribution is -2.41. The molecule has 0 spiro atoms. The van der Waals surface area contributed by atoms with E-state index in [0.29, 0.717) is 11.8 Å². The van der Waals surface area contributed by atoms with Crippen LogP contribution in [0.4, 0.5) is 0 Å². The Kier molecular flexibility index (Phi) is 9.35. The quantitative estimate of drug-likeness (QED) is 0.173. The van der Waals surface area contributed by atoms with Gasteiger partial charge in [-0.05, 0) is 179 Å². The van der Waals surface area contributed by atoms with Crippen molar-refractivity contribution in [2.24, 2.45) is 10.9 Å². The van der Waals surface area contributed by atoms with Crippen LogP contribution in [0.3, 0.4) is 0 Å². The molecule has 68 heavy (non-hydrogen) atoms. The van der Waals surface area contributed by atoms with Crippen molar-refractivity contribution in [1.29, 1.82) is 0 Å². The highest BCUT2D eigenvalue weighted by Gasteiger charge is 2.54. The van der Waals surface area contributed by atoms with E-state index in [1.165, 1.54) is 116 Å². The fraction of sp³-hybridized carbons (Fsp3) is 0.270. The summed E-state index contributed by atoms with van der Waals surface area (Å²) in [6.07, 6.45) is 5.37. The van der Waals surface area contributed by atoms with Crippen LogP contribution in [0, 0.1) is 47.5 Å². The molecule has 4 heterocycles. The second-order valence-corrected chi connectivity index (χ2v) is 21.3. The van der Waals surface area contributed by atoms with Gasteiger partial charge >= 0.3 is 0 Å². The zero-order valence-corrected chi connectivity index (χ0v) is 41.7. The molecular weight excluding hydrogens is 827 g/mol. The third kappa shape index (κ3) is 6.06. The number of aliphatic imine (C=N–C) groups is 1. The van der Waals surface area contributed by atoms with Gasteiger partial charge in [-0.3, -0.25) is 9.56 Å². The van der Waals surface area contributed by atoms with Crippen LogP contribution in [0.5, 0.6) is 0 Å². The first-order chi connectivity index (χ1) is 32.6. The molecule has 5 nitrogen and oxygen atoms in total. The summed E-state index contributed by atoms with van der Waals surface area (Å²) in [4.78, 5) is 13.8. The topological polar surface area (TPSA) is 38.4 Å². The van der Waals surface area contributed by atoms with Crippen LogP contribution >= 0.6 is 0 Å². The molecule has 0 saturated carbocycles. The molecule has 0 amide bonds. The lowest BCUT2D eigenvalue weighted by molar-refractivity contribution is 0.261. The van der Waals surface area contributed by atoms with Gasteiger partial charge in [-0.1, -0.05) is 104 Å². The van der Waals surface area contributed by atoms with Gasteiger partial charge in [0, 0.05) is 56.3 Å². The molecule has 3 aliphatic rings. The van der Waals surface area contributed by atoms with Crippen molar-refractivity contribution in [1.82, 2.24) is 19.0 Å². The average molecular weight is 888 g/mol. The zero-order valence-electron chi connectivity index (χ0n) is 41.7. The first-order valence-electron chi connectivity index (χ1n) is 24.7. The number of benzene rings is 6. The summed E-state index contributed by atoms with van der Waals surface area (Å²) < 4.78 is 4.88. The molecule has 6 aromatic carbocycles. The van der Waals surface area contributed by atoms with E-state index in [2.05, 4.69) is 212 Å². The van der Waals surface area contributed by atoms with Gasteiger partial charge in [-0.2, -0.15) is 0 Å². The van der Waals surface area contributed by atoms with Crippen LogP contribution in [0.15, 0.2) is 143 Å². The fourth-order valence-electron chi connectivity index (χ4n) is 13.0. The zero-order chi connectivity index (χ0) is 47.2. The van der Waals surface area contributed by atoms with E-state index in [1.807, 2.05) is 6.20 Å². The number of hydrogen-bond acceptors (Lipinski definition) is 3. The van der Waals surface area contributed by atoms with Gasteiger partial charge in [0.1, 0.15) is 17.0 Å². The highest BCUT2D eigenvalue weighted by atomic mass is 15.3. The maximum atomic E-state index is 6.12. The Hall–Kier alpha value is -6.98. The Morgan fingerprint density at radius 1 is 0.632 bits per heavy atom. The lowest BCUT2D eigenvalue weighted by Gasteiger charge is -2.45. The molecule has 5 heteroatoms. The molecule has 12 rings (SSSR count). The van der Waals surface area contributed by atoms with E-state index in [4.69, 9.17) is 9.98 Å². The molecule has 0 radical (unpaired) electrons. The molecule has 0 bridgehead atoms. The van der Waals surface area contributed by atoms with Gasteiger partial charge in [0.05, 0.1) is 22.6 Å². The molecule has 1 aliphatic heterocycles. The molecule has 0 N–H and O–H groups in total. The Labute approximate surface area is 401 Å². The number of pyridine rings is 1. The van der Waals surface area contributed by atoms with Crippen molar-refractivity contribution in [2.45, 2.75) is 107 Å². The van der Waals surface area contributed by atoms with Gasteiger partial charge in [0.2, 0.25) is 0 Å². The molecule has 2 aliphatic carbocycles. The SMILES string of the molecule is CC1=CC(C)=C(N2C(c3ccc(C)c(-n4c5ccc(C)cc5c5ccc(-n6c7ccc(C(C)C)cc7c7cccnc76)cc54)c3)=N[C@]3(C)c4cc(C)cc(C)c4-c4c(C)cc(C)cc4[C@H]23)[C@@H](C)C1. The van der Waals surface area contributed by atoms with Crippen LogP contribution in [-0.4, -0.2) is 24.9 Å². The number of aromatic nitrogens is 3. The van der Waals surface area contributed by atoms with Gasteiger partial charge in [0.15, 0.2) is 0 Å². The Bertz CT molecular complexity index is 3770. The molecule has 0 saturated heterocycles. The van der Waals surface area contributed by atoms with Gasteiger partial charge in [0.25, 0.3) is 0 Å². The Morgan fingerprint density at radius 3 is 2.15 bits per heavy atom. The summed E-state index contributed by atoms with van der Waals surface area (Å²) in [5.74, 6) is 1.79. The predicted molar refractivity (Wildman–Crippen MR) is 286 cm³/mol. The summed E-state index contributed by atoms with van der Waals surface area (Å²) in [7, 11) is 0. The minimum absolute atomic E-state index is 0.0287. The summed E-state index contributed by atoms with van der Waals surface area (Å²) in [6, 6.07) is 41.9. The summed E-state index contributed by atoms with van der Waals surface area (Å²) in [6.45, 7) is 27.6. The maximum Gasteiger partial charge on any atom is 0.145 e. The van der Waals surface area contributed by atoms with Crippen molar-refractivity contribution in [3.8, 4) is 22.5 Å². The second-order valence-electron chi connectivity index (χ2n) is 21.3. The molecule has 3 aromatic heterocycles. The standard InChI is InChI=1S/C63H61N5/c1-34(2)44-18-22-53-50(31-44)48-14-13-23-64-62(48)66(53)46-19-20-47-49-28-35(3)15-21-54(49)67(56(47)33-46)55-32-45(17-16-39(55)7)61-65-63(12)52-30-38(6)25-41(9)58(52)57-40(8)24-37(5)29-51(57)60(63)68(61)59-42(10)26-36(4)27-43(59)11/h13-26,28-34,43,60H,27H2,1-12H3/t43-,60-,63+/m0/s1. The largest absolute Gasteiger partial charge is 0.319 e. The van der Waals surface area contributed by atoms with E-state index in [0.717, 1.165) is 34.8 Å². The summed E-state index contributed by atoms with van der Waals surface area (Å²) in [5, 5.41) is 4.89. The first-order valence-corrected chi connectivity index (χ1v) is 24.7. The van der Waals surface area contributed by atoms with Gasteiger partial charge < -0.3 is 9.47 Å². The van der Waals surface area contributed by atoms with Crippen LogP contribution in [0.1, 0.15) is 116 Å². The first kappa shape index (κ1) is 42.4. The number of amidine groups is 1. The molecule has 3 atom stereocenters. The minimum atomic E-state index is -0.547. The van der Waals surface area contributed by atoms with Crippen LogP contribution < -0.4 is 0 Å². The maximum absolute atomic E-state index is 6.12. The van der Waals surface area contributed by atoms with Crippen LogP contribution in [-0.2, 0) is 5.54 Å². The third-order valence-corrected chi connectivity index (χ3v) is 15.7. The van der Waals surface area contributed by atoms with Gasteiger partial charge in [-0.25, -0.2) is 4.98 Å². The van der Waals surface area contributed by atoms with E-state index >= 15 is 0 Å². The van der Waals surface area contributed by atoms with Crippen molar-refractivity contribution >= 4 is 49.6 Å². The Morgan fingerprint density at radius 2 is 1.37 bits per heavy atom. The number of aryl methyl sites for hydroxylation is 6. The number of rotatable bonds is 5. The number of allylic oxidation sites excluding steroid dienone is 4. The van der Waals surface area contributed by atoms with E-state index < -0.39 is 5.54 Å². The van der Waals surface area contributed by atoms with E-state index in [1.54, 1.807) is 0 Å². The van der Waals surface area contributed by atoms with Crippen LogP contribution in [0.25, 0.3) is 66.2 Å².